The van der Waals surface area contributed by atoms with Gasteiger partial charge in [-0.05, 0) is 17.0 Å². The first-order valence-electron chi connectivity index (χ1n) is 7.10. The second-order valence-electron chi connectivity index (χ2n) is 5.33. The van der Waals surface area contributed by atoms with Crippen molar-refractivity contribution in [3.8, 4) is 5.75 Å². The molecular formula is C16H15F3N2O2. The fourth-order valence-electron chi connectivity index (χ4n) is 2.94. The van der Waals surface area contributed by atoms with Crippen LogP contribution in [0.5, 0.6) is 5.75 Å². The first kappa shape index (κ1) is 15.6. The molecule has 122 valence electrons. The Balaban J connectivity index is 2.20. The molecule has 1 aliphatic heterocycles. The van der Waals surface area contributed by atoms with Crippen molar-refractivity contribution in [2.24, 2.45) is 0 Å². The zero-order chi connectivity index (χ0) is 16.6. The van der Waals surface area contributed by atoms with E-state index in [0.717, 1.165) is 5.01 Å². The number of hydrogen-bond acceptors (Lipinski definition) is 3. The van der Waals surface area contributed by atoms with Crippen molar-refractivity contribution >= 4 is 16.7 Å². The largest absolute Gasteiger partial charge is 0.496 e. The van der Waals surface area contributed by atoms with E-state index < -0.39 is 18.1 Å². The highest BCUT2D eigenvalue weighted by atomic mass is 19.4. The van der Waals surface area contributed by atoms with Crippen LogP contribution in [0.25, 0.3) is 10.8 Å². The molecule has 7 heteroatoms. The number of amides is 1. The molecule has 0 unspecified atom stereocenters. The molecule has 2 aromatic rings. The van der Waals surface area contributed by atoms with Gasteiger partial charge in [0, 0.05) is 18.4 Å². The third kappa shape index (κ3) is 2.84. The van der Waals surface area contributed by atoms with Crippen LogP contribution >= 0.6 is 0 Å². The standard InChI is InChI=1S/C16H15F3N2O2/c1-23-12-7-3-5-10-4-2-6-11(14(10)12)15(16(17,18)19)21-9-8-13(22)20-21/h2-7,15H,8-9H2,1H3,(H,20,22)/t15-/m0/s1. The number of hydrogen-bond donors (Lipinski definition) is 1. The lowest BCUT2D eigenvalue weighted by Crippen LogP contribution is -2.43. The lowest BCUT2D eigenvalue weighted by Gasteiger charge is -2.30. The molecule has 0 aromatic heterocycles. The number of halogens is 3. The Bertz CT molecular complexity index is 740. The smallest absolute Gasteiger partial charge is 0.409 e. The van der Waals surface area contributed by atoms with Crippen LogP contribution in [0.4, 0.5) is 13.2 Å². The average Bonchev–Trinajstić information content (AvgIpc) is 2.91. The van der Waals surface area contributed by atoms with Gasteiger partial charge >= 0.3 is 6.18 Å². The number of carbonyl (C=O) groups is 1. The molecule has 0 spiro atoms. The molecule has 0 radical (unpaired) electrons. The number of nitrogens with one attached hydrogen (secondary N) is 1. The van der Waals surface area contributed by atoms with Gasteiger partial charge in [-0.3, -0.25) is 10.2 Å². The number of ether oxygens (including phenoxy) is 1. The summed E-state index contributed by atoms with van der Waals surface area (Å²) < 4.78 is 46.4. The van der Waals surface area contributed by atoms with Gasteiger partial charge in [0.05, 0.1) is 7.11 Å². The summed E-state index contributed by atoms with van der Waals surface area (Å²) in [5.74, 6) is -0.0377. The molecule has 23 heavy (non-hydrogen) atoms. The molecule has 1 heterocycles. The second kappa shape index (κ2) is 5.73. The van der Waals surface area contributed by atoms with Gasteiger partial charge in [-0.2, -0.15) is 13.2 Å². The van der Waals surface area contributed by atoms with Crippen molar-refractivity contribution in [3.05, 3.63) is 42.0 Å². The molecule has 4 nitrogen and oxygen atoms in total. The van der Waals surface area contributed by atoms with Crippen molar-refractivity contribution in [1.82, 2.24) is 10.4 Å². The Hall–Kier alpha value is -2.28. The van der Waals surface area contributed by atoms with Crippen LogP contribution in [0.1, 0.15) is 18.0 Å². The highest BCUT2D eigenvalue weighted by molar-refractivity contribution is 5.92. The lowest BCUT2D eigenvalue weighted by molar-refractivity contribution is -0.190. The van der Waals surface area contributed by atoms with Crippen molar-refractivity contribution in [3.63, 3.8) is 0 Å². The number of nitrogens with zero attached hydrogens (tertiary/aromatic N) is 1. The molecule has 1 atom stereocenters. The Morgan fingerprint density at radius 2 is 1.91 bits per heavy atom. The van der Waals surface area contributed by atoms with Gasteiger partial charge in [0.2, 0.25) is 5.91 Å². The van der Waals surface area contributed by atoms with Crippen molar-refractivity contribution in [2.45, 2.75) is 18.6 Å². The van der Waals surface area contributed by atoms with Gasteiger partial charge in [-0.25, -0.2) is 5.01 Å². The van der Waals surface area contributed by atoms with E-state index in [-0.39, 0.29) is 18.5 Å². The Morgan fingerprint density at radius 1 is 1.22 bits per heavy atom. The monoisotopic (exact) mass is 324 g/mol. The second-order valence-corrected chi connectivity index (χ2v) is 5.33. The summed E-state index contributed by atoms with van der Waals surface area (Å²) in [6.45, 7) is 0.00848. The number of benzene rings is 2. The van der Waals surface area contributed by atoms with Gasteiger partial charge in [0.1, 0.15) is 5.75 Å². The minimum atomic E-state index is -4.53. The van der Waals surface area contributed by atoms with Crippen LogP contribution in [0, 0.1) is 0 Å². The Labute approximate surface area is 130 Å². The summed E-state index contributed by atoms with van der Waals surface area (Å²) in [7, 11) is 1.42. The average molecular weight is 324 g/mol. The van der Waals surface area contributed by atoms with E-state index in [9.17, 15) is 18.0 Å². The van der Waals surface area contributed by atoms with Crippen molar-refractivity contribution < 1.29 is 22.7 Å². The molecule has 1 fully saturated rings. The summed E-state index contributed by atoms with van der Waals surface area (Å²) in [6, 6.07) is 7.90. The molecule has 1 saturated heterocycles. The van der Waals surface area contributed by atoms with Crippen LogP contribution in [-0.4, -0.2) is 30.7 Å². The predicted molar refractivity (Wildman–Crippen MR) is 78.8 cm³/mol. The van der Waals surface area contributed by atoms with Gasteiger partial charge in [0.25, 0.3) is 0 Å². The van der Waals surface area contributed by atoms with Crippen molar-refractivity contribution in [2.75, 3.05) is 13.7 Å². The fraction of sp³-hybridized carbons (Fsp3) is 0.312. The van der Waals surface area contributed by atoms with Crippen LogP contribution in [-0.2, 0) is 4.79 Å². The molecule has 1 aliphatic rings. The third-order valence-corrected chi connectivity index (χ3v) is 3.88. The zero-order valence-electron chi connectivity index (χ0n) is 12.4. The van der Waals surface area contributed by atoms with E-state index >= 15 is 0 Å². The molecule has 2 aromatic carbocycles. The summed E-state index contributed by atoms with van der Waals surface area (Å²) in [6.07, 6.45) is -4.48. The topological polar surface area (TPSA) is 41.6 Å². The van der Waals surface area contributed by atoms with E-state index in [1.165, 1.54) is 13.2 Å². The summed E-state index contributed by atoms with van der Waals surface area (Å²) >= 11 is 0. The van der Waals surface area contributed by atoms with Gasteiger partial charge in [-0.1, -0.05) is 30.3 Å². The molecule has 1 amide bonds. The number of fused-ring (bicyclic) bond motifs is 1. The molecule has 0 saturated carbocycles. The number of methoxy groups -OCH3 is 1. The van der Waals surface area contributed by atoms with Crippen molar-refractivity contribution in [1.29, 1.82) is 0 Å². The van der Waals surface area contributed by atoms with E-state index in [2.05, 4.69) is 5.43 Å². The number of rotatable bonds is 3. The summed E-state index contributed by atoms with van der Waals surface area (Å²) in [4.78, 5) is 11.4. The highest BCUT2D eigenvalue weighted by Crippen LogP contribution is 2.42. The van der Waals surface area contributed by atoms with E-state index in [4.69, 9.17) is 4.74 Å². The quantitative estimate of drug-likeness (QED) is 0.943. The number of alkyl halides is 3. The van der Waals surface area contributed by atoms with Gasteiger partial charge in [0.15, 0.2) is 6.04 Å². The molecule has 3 rings (SSSR count). The van der Waals surface area contributed by atoms with Gasteiger partial charge < -0.3 is 4.74 Å². The normalized spacial score (nSPS) is 17.3. The molecule has 1 N–H and O–H groups in total. The predicted octanol–water partition coefficient (Wildman–Crippen LogP) is 3.19. The number of hydrazine groups is 1. The summed E-state index contributed by atoms with van der Waals surface area (Å²) in [5.41, 5.74) is 2.36. The lowest BCUT2D eigenvalue weighted by atomic mass is 9.97. The summed E-state index contributed by atoms with van der Waals surface area (Å²) in [5, 5.41) is 2.01. The van der Waals surface area contributed by atoms with Crippen LogP contribution in [0.3, 0.4) is 0 Å². The first-order valence-corrected chi connectivity index (χ1v) is 7.10. The maximum atomic E-state index is 13.7. The molecular weight excluding hydrogens is 309 g/mol. The fourth-order valence-corrected chi connectivity index (χ4v) is 2.94. The first-order chi connectivity index (χ1) is 10.9. The van der Waals surface area contributed by atoms with Crippen LogP contribution in [0.2, 0.25) is 0 Å². The Morgan fingerprint density at radius 3 is 2.48 bits per heavy atom. The number of carbonyl (C=O) groups excluding carboxylic acids is 1. The van der Waals surface area contributed by atoms with Gasteiger partial charge in [-0.15, -0.1) is 0 Å². The van der Waals surface area contributed by atoms with E-state index in [1.54, 1.807) is 30.3 Å². The van der Waals surface area contributed by atoms with Crippen LogP contribution < -0.4 is 10.2 Å². The zero-order valence-corrected chi connectivity index (χ0v) is 12.4. The highest BCUT2D eigenvalue weighted by Gasteiger charge is 2.47. The Kier molecular flexibility index (Phi) is 3.89. The molecule has 0 aliphatic carbocycles. The van der Waals surface area contributed by atoms with E-state index in [0.29, 0.717) is 16.5 Å². The minimum absolute atomic E-state index is 0.00848. The van der Waals surface area contributed by atoms with E-state index in [1.807, 2.05) is 0 Å². The minimum Gasteiger partial charge on any atom is -0.496 e. The maximum absolute atomic E-state index is 13.7. The third-order valence-electron chi connectivity index (χ3n) is 3.88. The molecule has 0 bridgehead atoms. The maximum Gasteiger partial charge on any atom is 0.409 e. The van der Waals surface area contributed by atoms with Crippen LogP contribution in [0.15, 0.2) is 36.4 Å². The SMILES string of the molecule is COc1cccc2cccc([C@H](N3CCC(=O)N3)C(F)(F)F)c12.